The van der Waals surface area contributed by atoms with Gasteiger partial charge in [-0.05, 0) is 46.8 Å². The molecule has 0 bridgehead atoms. The van der Waals surface area contributed by atoms with Crippen molar-refractivity contribution in [2.24, 2.45) is 0 Å². The molecule has 0 aliphatic rings. The molecule has 2 N–H and O–H groups in total. The summed E-state index contributed by atoms with van der Waals surface area (Å²) in [6.07, 6.45) is 0. The molecule has 128 valence electrons. The lowest BCUT2D eigenvalue weighted by molar-refractivity contribution is -0.120. The Morgan fingerprint density at radius 2 is 1.57 bits per heavy atom. The minimum absolute atomic E-state index is 0.00390. The first-order chi connectivity index (χ1) is 10.8. The van der Waals surface area contributed by atoms with Gasteiger partial charge in [0, 0.05) is 30.7 Å². The van der Waals surface area contributed by atoms with Crippen LogP contribution in [0.1, 0.15) is 43.6 Å². The minimum atomic E-state index is -0.230. The van der Waals surface area contributed by atoms with Crippen molar-refractivity contribution in [2.45, 2.75) is 46.7 Å². The van der Waals surface area contributed by atoms with E-state index in [1.54, 1.807) is 12.1 Å². The number of amides is 2. The van der Waals surface area contributed by atoms with Crippen molar-refractivity contribution in [3.63, 3.8) is 0 Å². The van der Waals surface area contributed by atoms with Crippen molar-refractivity contribution in [3.05, 3.63) is 35.4 Å². The molecule has 0 aromatic heterocycles. The van der Waals surface area contributed by atoms with Crippen molar-refractivity contribution in [2.75, 3.05) is 19.6 Å². The lowest BCUT2D eigenvalue weighted by atomic mass is 10.1. The predicted octanol–water partition coefficient (Wildman–Crippen LogP) is 1.96. The maximum Gasteiger partial charge on any atom is 0.251 e. The van der Waals surface area contributed by atoms with E-state index in [0.29, 0.717) is 24.2 Å². The smallest absolute Gasteiger partial charge is 0.251 e. The molecular formula is C18H29N3O2. The Labute approximate surface area is 139 Å². The van der Waals surface area contributed by atoms with Gasteiger partial charge in [0.15, 0.2) is 0 Å². The molecule has 0 saturated carbocycles. The number of benzene rings is 1. The highest BCUT2D eigenvalue weighted by molar-refractivity contribution is 5.96. The Balaban J connectivity index is 2.31. The second kappa shape index (κ2) is 9.30. The number of hydrogen-bond donors (Lipinski definition) is 2. The second-order valence-electron chi connectivity index (χ2n) is 6.32. The van der Waals surface area contributed by atoms with Crippen LogP contribution in [0.3, 0.4) is 0 Å². The monoisotopic (exact) mass is 319 g/mol. The highest BCUT2D eigenvalue weighted by atomic mass is 16.2. The molecule has 2 amide bonds. The van der Waals surface area contributed by atoms with Crippen LogP contribution in [-0.4, -0.2) is 48.4 Å². The van der Waals surface area contributed by atoms with Crippen LogP contribution in [-0.2, 0) is 4.79 Å². The van der Waals surface area contributed by atoms with E-state index in [2.05, 4.69) is 43.2 Å². The number of nitrogens with one attached hydrogen (secondary N) is 2. The molecule has 5 heteroatoms. The van der Waals surface area contributed by atoms with Gasteiger partial charge in [-0.2, -0.15) is 0 Å². The topological polar surface area (TPSA) is 61.4 Å². The lowest BCUT2D eigenvalue weighted by Gasteiger charge is -2.30. The maximum absolute atomic E-state index is 11.9. The summed E-state index contributed by atoms with van der Waals surface area (Å²) < 4.78 is 0. The Morgan fingerprint density at radius 1 is 1.00 bits per heavy atom. The summed E-state index contributed by atoms with van der Waals surface area (Å²) in [7, 11) is 0. The number of rotatable bonds is 8. The van der Waals surface area contributed by atoms with Crippen LogP contribution in [0.15, 0.2) is 24.3 Å². The molecule has 0 unspecified atom stereocenters. The third kappa shape index (κ3) is 6.82. The van der Waals surface area contributed by atoms with Crippen molar-refractivity contribution in [1.82, 2.24) is 15.5 Å². The highest BCUT2D eigenvalue weighted by Gasteiger charge is 2.13. The van der Waals surface area contributed by atoms with E-state index in [4.69, 9.17) is 0 Å². The van der Waals surface area contributed by atoms with E-state index in [1.807, 2.05) is 19.1 Å². The molecule has 0 radical (unpaired) electrons. The number of carbonyl (C=O) groups excluding carboxylic acids is 2. The van der Waals surface area contributed by atoms with Crippen molar-refractivity contribution in [1.29, 1.82) is 0 Å². The molecular weight excluding hydrogens is 290 g/mol. The van der Waals surface area contributed by atoms with Gasteiger partial charge >= 0.3 is 0 Å². The molecule has 1 rings (SSSR count). The van der Waals surface area contributed by atoms with Gasteiger partial charge < -0.3 is 10.6 Å². The summed E-state index contributed by atoms with van der Waals surface area (Å²) in [4.78, 5) is 26.0. The third-order valence-corrected chi connectivity index (χ3v) is 3.74. The summed E-state index contributed by atoms with van der Waals surface area (Å²) in [5.74, 6) is -0.399. The number of nitrogens with zero attached hydrogens (tertiary/aromatic N) is 1. The van der Waals surface area contributed by atoms with Gasteiger partial charge in [-0.3, -0.25) is 14.5 Å². The van der Waals surface area contributed by atoms with Gasteiger partial charge in [0.25, 0.3) is 5.91 Å². The molecule has 0 fully saturated rings. The summed E-state index contributed by atoms with van der Waals surface area (Å²) in [6, 6.07) is 8.14. The fraction of sp³-hybridized carbons (Fsp3) is 0.556. The Morgan fingerprint density at radius 3 is 2.09 bits per heavy atom. The predicted molar refractivity (Wildman–Crippen MR) is 93.5 cm³/mol. The van der Waals surface area contributed by atoms with Crippen LogP contribution in [0.5, 0.6) is 0 Å². The van der Waals surface area contributed by atoms with Gasteiger partial charge in [-0.1, -0.05) is 17.7 Å². The molecule has 0 spiro atoms. The van der Waals surface area contributed by atoms with Crippen LogP contribution in [0.2, 0.25) is 0 Å². The zero-order valence-electron chi connectivity index (χ0n) is 14.8. The number of aryl methyl sites for hydroxylation is 1. The SMILES string of the molecule is Cc1ccc(C(=O)NCC(=O)NCCN(C(C)C)C(C)C)cc1. The zero-order chi connectivity index (χ0) is 17.4. The van der Waals surface area contributed by atoms with Gasteiger partial charge in [0.2, 0.25) is 5.91 Å². The van der Waals surface area contributed by atoms with Crippen LogP contribution in [0.25, 0.3) is 0 Å². The average molecular weight is 319 g/mol. The first-order valence-corrected chi connectivity index (χ1v) is 8.18. The second-order valence-corrected chi connectivity index (χ2v) is 6.32. The normalized spacial score (nSPS) is 11.1. The highest BCUT2D eigenvalue weighted by Crippen LogP contribution is 2.03. The molecule has 0 heterocycles. The first kappa shape index (κ1) is 19.2. The van der Waals surface area contributed by atoms with Crippen LogP contribution in [0, 0.1) is 6.92 Å². The summed E-state index contributed by atoms with van der Waals surface area (Å²) >= 11 is 0. The van der Waals surface area contributed by atoms with E-state index in [1.165, 1.54) is 0 Å². The molecule has 5 nitrogen and oxygen atoms in total. The molecule has 23 heavy (non-hydrogen) atoms. The van der Waals surface area contributed by atoms with Gasteiger partial charge in [-0.15, -0.1) is 0 Å². The Kier molecular flexibility index (Phi) is 7.75. The quantitative estimate of drug-likeness (QED) is 0.770. The number of hydrogen-bond acceptors (Lipinski definition) is 3. The number of carbonyl (C=O) groups is 2. The molecule has 1 aromatic rings. The minimum Gasteiger partial charge on any atom is -0.353 e. The zero-order valence-corrected chi connectivity index (χ0v) is 14.8. The van der Waals surface area contributed by atoms with E-state index >= 15 is 0 Å². The molecule has 0 atom stereocenters. The molecule has 0 aliphatic carbocycles. The maximum atomic E-state index is 11.9. The van der Waals surface area contributed by atoms with Gasteiger partial charge in [0.05, 0.1) is 6.54 Å². The molecule has 0 aliphatic heterocycles. The van der Waals surface area contributed by atoms with Crippen LogP contribution in [0.4, 0.5) is 0 Å². The molecule has 1 aromatic carbocycles. The van der Waals surface area contributed by atoms with E-state index in [-0.39, 0.29) is 18.4 Å². The van der Waals surface area contributed by atoms with Crippen LogP contribution < -0.4 is 10.6 Å². The van der Waals surface area contributed by atoms with E-state index < -0.39 is 0 Å². The standard InChI is InChI=1S/C18H29N3O2/c1-13(2)21(14(3)4)11-10-19-17(22)12-20-18(23)16-8-6-15(5)7-9-16/h6-9,13-14H,10-12H2,1-5H3,(H,19,22)(H,20,23). The first-order valence-electron chi connectivity index (χ1n) is 8.18. The van der Waals surface area contributed by atoms with Gasteiger partial charge in [0.1, 0.15) is 0 Å². The fourth-order valence-corrected chi connectivity index (χ4v) is 2.47. The summed E-state index contributed by atoms with van der Waals surface area (Å²) in [5, 5.41) is 5.48. The van der Waals surface area contributed by atoms with Crippen molar-refractivity contribution >= 4 is 11.8 Å². The summed E-state index contributed by atoms with van der Waals surface area (Å²) in [5.41, 5.74) is 1.66. The summed E-state index contributed by atoms with van der Waals surface area (Å²) in [6.45, 7) is 11.9. The largest absolute Gasteiger partial charge is 0.353 e. The Hall–Kier alpha value is -1.88. The van der Waals surface area contributed by atoms with E-state index in [9.17, 15) is 9.59 Å². The van der Waals surface area contributed by atoms with Crippen LogP contribution >= 0.6 is 0 Å². The van der Waals surface area contributed by atoms with Gasteiger partial charge in [-0.25, -0.2) is 0 Å². The van der Waals surface area contributed by atoms with Crippen molar-refractivity contribution < 1.29 is 9.59 Å². The van der Waals surface area contributed by atoms with Crippen molar-refractivity contribution in [3.8, 4) is 0 Å². The third-order valence-electron chi connectivity index (χ3n) is 3.74. The molecule has 0 saturated heterocycles. The van der Waals surface area contributed by atoms with E-state index in [0.717, 1.165) is 12.1 Å². The lowest BCUT2D eigenvalue weighted by Crippen LogP contribution is -2.44. The Bertz CT molecular complexity index is 502. The fourth-order valence-electron chi connectivity index (χ4n) is 2.47. The average Bonchev–Trinajstić information content (AvgIpc) is 2.49.